The predicted molar refractivity (Wildman–Crippen MR) is 76.5 cm³/mol. The van der Waals surface area contributed by atoms with Crippen LogP contribution in [-0.2, 0) is 19.4 Å². The molecule has 0 aliphatic rings. The molecule has 2 aromatic rings. The van der Waals surface area contributed by atoms with Crippen molar-refractivity contribution < 1.29 is 9.32 Å². The van der Waals surface area contributed by atoms with Crippen LogP contribution in [0.5, 0.6) is 0 Å². The van der Waals surface area contributed by atoms with E-state index in [0.717, 1.165) is 5.69 Å². The summed E-state index contributed by atoms with van der Waals surface area (Å²) in [5.74, 6) is 1.06. The quantitative estimate of drug-likeness (QED) is 0.869. The molecule has 7 nitrogen and oxygen atoms in total. The van der Waals surface area contributed by atoms with Crippen LogP contribution in [0.2, 0.25) is 0 Å². The molecule has 2 rings (SSSR count). The molecule has 1 N–H and O–H groups in total. The Morgan fingerprint density at radius 3 is 2.95 bits per heavy atom. The maximum absolute atomic E-state index is 11.9. The van der Waals surface area contributed by atoms with Crippen molar-refractivity contribution in [2.24, 2.45) is 0 Å². The van der Waals surface area contributed by atoms with Gasteiger partial charge in [-0.1, -0.05) is 18.1 Å². The Morgan fingerprint density at radius 1 is 1.43 bits per heavy atom. The molecule has 0 aliphatic carbocycles. The largest absolute Gasteiger partial charge is 0.337 e. The van der Waals surface area contributed by atoms with Gasteiger partial charge in [-0.25, -0.2) is 4.79 Å². The zero-order chi connectivity index (χ0) is 15.1. The van der Waals surface area contributed by atoms with E-state index in [0.29, 0.717) is 31.1 Å². The zero-order valence-electron chi connectivity index (χ0n) is 12.2. The third kappa shape index (κ3) is 4.55. The Labute approximate surface area is 123 Å². The molecule has 0 fully saturated rings. The third-order valence-corrected chi connectivity index (χ3v) is 2.99. The van der Waals surface area contributed by atoms with Gasteiger partial charge in [0.05, 0.1) is 6.54 Å². The molecule has 0 unspecified atom stereocenters. The average molecular weight is 289 g/mol. The molecule has 0 spiro atoms. The lowest BCUT2D eigenvalue weighted by atomic mass is 10.2. The smallest absolute Gasteiger partial charge is 0.317 e. The summed E-state index contributed by atoms with van der Waals surface area (Å²) >= 11 is 0. The molecule has 0 aromatic carbocycles. The molecule has 2 aromatic heterocycles. The second-order valence-corrected chi connectivity index (χ2v) is 4.61. The lowest BCUT2D eigenvalue weighted by Crippen LogP contribution is -2.38. The van der Waals surface area contributed by atoms with Crippen LogP contribution in [0.4, 0.5) is 4.79 Å². The van der Waals surface area contributed by atoms with E-state index >= 15 is 0 Å². The molecular formula is C14H19N5O2. The lowest BCUT2D eigenvalue weighted by molar-refractivity contribution is 0.207. The minimum atomic E-state index is -0.179. The minimum absolute atomic E-state index is 0.179. The van der Waals surface area contributed by atoms with E-state index in [1.807, 2.05) is 25.1 Å². The SMILES string of the molecule is CCc1noc(CNC(=O)N(C)CCc2ccccn2)n1. The number of amides is 2. The summed E-state index contributed by atoms with van der Waals surface area (Å²) < 4.78 is 5.01. The molecule has 0 atom stereocenters. The molecule has 2 heterocycles. The van der Waals surface area contributed by atoms with Crippen LogP contribution in [0.15, 0.2) is 28.9 Å². The average Bonchev–Trinajstić information content (AvgIpc) is 2.99. The Bertz CT molecular complexity index is 570. The van der Waals surface area contributed by atoms with Crippen LogP contribution in [0.3, 0.4) is 0 Å². The van der Waals surface area contributed by atoms with Gasteiger partial charge in [-0.3, -0.25) is 4.98 Å². The van der Waals surface area contributed by atoms with Gasteiger partial charge in [0.15, 0.2) is 5.82 Å². The first-order valence-electron chi connectivity index (χ1n) is 6.89. The van der Waals surface area contributed by atoms with Gasteiger partial charge in [0.2, 0.25) is 5.89 Å². The number of nitrogens with one attached hydrogen (secondary N) is 1. The van der Waals surface area contributed by atoms with Crippen molar-refractivity contribution >= 4 is 6.03 Å². The fourth-order valence-corrected chi connectivity index (χ4v) is 1.72. The highest BCUT2D eigenvalue weighted by molar-refractivity contribution is 5.73. The highest BCUT2D eigenvalue weighted by Crippen LogP contribution is 1.99. The number of rotatable bonds is 6. The molecule has 112 valence electrons. The van der Waals surface area contributed by atoms with Crippen molar-refractivity contribution in [1.82, 2.24) is 25.3 Å². The molecule has 2 amide bonds. The lowest BCUT2D eigenvalue weighted by Gasteiger charge is -2.16. The highest BCUT2D eigenvalue weighted by atomic mass is 16.5. The Hall–Kier alpha value is -2.44. The second kappa shape index (κ2) is 7.37. The number of aryl methyl sites for hydroxylation is 1. The maximum Gasteiger partial charge on any atom is 0.317 e. The first kappa shape index (κ1) is 15.0. The number of aromatic nitrogens is 3. The molecular weight excluding hydrogens is 270 g/mol. The summed E-state index contributed by atoms with van der Waals surface area (Å²) in [4.78, 5) is 21.9. The number of nitrogens with zero attached hydrogens (tertiary/aromatic N) is 4. The van der Waals surface area contributed by atoms with Crippen molar-refractivity contribution in [3.63, 3.8) is 0 Å². The number of pyridine rings is 1. The molecule has 7 heteroatoms. The number of likely N-dealkylation sites (N-methyl/N-ethyl adjacent to an activating group) is 1. The van der Waals surface area contributed by atoms with Crippen LogP contribution in [-0.4, -0.2) is 39.6 Å². The van der Waals surface area contributed by atoms with Crippen molar-refractivity contribution in [3.8, 4) is 0 Å². The van der Waals surface area contributed by atoms with Gasteiger partial charge in [0.1, 0.15) is 0 Å². The van der Waals surface area contributed by atoms with Crippen molar-refractivity contribution in [3.05, 3.63) is 41.8 Å². The monoisotopic (exact) mass is 289 g/mol. The second-order valence-electron chi connectivity index (χ2n) is 4.61. The summed E-state index contributed by atoms with van der Waals surface area (Å²) in [7, 11) is 1.74. The standard InChI is InChI=1S/C14H19N5O2/c1-3-12-17-13(21-18-12)10-16-14(20)19(2)9-7-11-6-4-5-8-15-11/h4-6,8H,3,7,9-10H2,1-2H3,(H,16,20). The number of hydrogen-bond acceptors (Lipinski definition) is 5. The van der Waals surface area contributed by atoms with E-state index in [9.17, 15) is 4.79 Å². The van der Waals surface area contributed by atoms with E-state index in [1.54, 1.807) is 18.1 Å². The van der Waals surface area contributed by atoms with E-state index in [1.165, 1.54) is 0 Å². The van der Waals surface area contributed by atoms with Crippen LogP contribution in [0, 0.1) is 0 Å². The summed E-state index contributed by atoms with van der Waals surface area (Å²) in [6.45, 7) is 2.77. The Balaban J connectivity index is 1.74. The van der Waals surface area contributed by atoms with E-state index in [4.69, 9.17) is 4.52 Å². The number of carbonyl (C=O) groups excluding carboxylic acids is 1. The summed E-state index contributed by atoms with van der Waals surface area (Å²) in [6, 6.07) is 5.57. The van der Waals surface area contributed by atoms with Gasteiger partial charge in [0.25, 0.3) is 0 Å². The molecule has 0 saturated carbocycles. The van der Waals surface area contributed by atoms with Gasteiger partial charge in [-0.15, -0.1) is 0 Å². The van der Waals surface area contributed by atoms with Crippen molar-refractivity contribution in [1.29, 1.82) is 0 Å². The summed E-state index contributed by atoms with van der Waals surface area (Å²) in [6.07, 6.45) is 3.17. The minimum Gasteiger partial charge on any atom is -0.337 e. The number of carbonyl (C=O) groups is 1. The van der Waals surface area contributed by atoms with Gasteiger partial charge in [0, 0.05) is 38.3 Å². The normalized spacial score (nSPS) is 10.4. The Kier molecular flexibility index (Phi) is 5.25. The van der Waals surface area contributed by atoms with E-state index in [2.05, 4.69) is 20.4 Å². The molecule has 0 aliphatic heterocycles. The number of hydrogen-bond donors (Lipinski definition) is 1. The molecule has 21 heavy (non-hydrogen) atoms. The van der Waals surface area contributed by atoms with Gasteiger partial charge >= 0.3 is 6.03 Å². The van der Waals surface area contributed by atoms with Crippen LogP contribution >= 0.6 is 0 Å². The molecule has 0 bridgehead atoms. The first-order valence-corrected chi connectivity index (χ1v) is 6.89. The van der Waals surface area contributed by atoms with Crippen LogP contribution in [0.25, 0.3) is 0 Å². The van der Waals surface area contributed by atoms with Crippen molar-refractivity contribution in [2.75, 3.05) is 13.6 Å². The highest BCUT2D eigenvalue weighted by Gasteiger charge is 2.11. The van der Waals surface area contributed by atoms with Crippen LogP contribution < -0.4 is 5.32 Å². The molecule has 0 saturated heterocycles. The maximum atomic E-state index is 11.9. The van der Waals surface area contributed by atoms with Crippen LogP contribution in [0.1, 0.15) is 24.3 Å². The van der Waals surface area contributed by atoms with Gasteiger partial charge in [-0.05, 0) is 12.1 Å². The fourth-order valence-electron chi connectivity index (χ4n) is 1.72. The summed E-state index contributed by atoms with van der Waals surface area (Å²) in [5.41, 5.74) is 0.960. The number of urea groups is 1. The fraction of sp³-hybridized carbons (Fsp3) is 0.429. The topological polar surface area (TPSA) is 84.2 Å². The first-order chi connectivity index (χ1) is 10.2. The van der Waals surface area contributed by atoms with Gasteiger partial charge < -0.3 is 14.7 Å². The Morgan fingerprint density at radius 2 is 2.29 bits per heavy atom. The molecule has 0 radical (unpaired) electrons. The zero-order valence-corrected chi connectivity index (χ0v) is 12.2. The summed E-state index contributed by atoms with van der Waals surface area (Å²) in [5, 5.41) is 6.52. The predicted octanol–water partition coefficient (Wildman–Crippen LogP) is 1.41. The van der Waals surface area contributed by atoms with Gasteiger partial charge in [-0.2, -0.15) is 4.98 Å². The van der Waals surface area contributed by atoms with Crippen molar-refractivity contribution in [2.45, 2.75) is 26.3 Å². The van der Waals surface area contributed by atoms with E-state index < -0.39 is 0 Å². The third-order valence-electron chi connectivity index (χ3n) is 2.99. The van der Waals surface area contributed by atoms with E-state index in [-0.39, 0.29) is 12.6 Å².